The molecule has 2 rings (SSSR count). The first kappa shape index (κ1) is 20.7. The highest BCUT2D eigenvalue weighted by atomic mass is 32.2. The van der Waals surface area contributed by atoms with Gasteiger partial charge in [-0.2, -0.15) is 9.41 Å². The van der Waals surface area contributed by atoms with Gasteiger partial charge in [0.2, 0.25) is 10.0 Å². The number of anilines is 1. The van der Waals surface area contributed by atoms with Crippen LogP contribution < -0.4 is 10.2 Å². The fraction of sp³-hybridized carbons (Fsp3) is 0.333. The number of nitrogens with one attached hydrogen (secondary N) is 1. The molecule has 1 heterocycles. The normalized spacial score (nSPS) is 12.3. The molecule has 8 nitrogen and oxygen atoms in total. The molecule has 0 aliphatic heterocycles. The van der Waals surface area contributed by atoms with E-state index in [1.54, 1.807) is 39.0 Å². The Labute approximate surface area is 159 Å². The topological polar surface area (TPSA) is 104 Å². The molecule has 0 fully saturated rings. The fourth-order valence-electron chi connectivity index (χ4n) is 2.46. The number of hydrogen-bond donors (Lipinski definition) is 2. The summed E-state index contributed by atoms with van der Waals surface area (Å²) in [6, 6.07) is 7.94. The lowest BCUT2D eigenvalue weighted by Crippen LogP contribution is -2.30. The Morgan fingerprint density at radius 3 is 2.48 bits per heavy atom. The van der Waals surface area contributed by atoms with E-state index < -0.39 is 10.0 Å². The number of rotatable bonds is 8. The van der Waals surface area contributed by atoms with Gasteiger partial charge in [0.1, 0.15) is 22.2 Å². The maximum absolute atomic E-state index is 12.4. The largest absolute Gasteiger partial charge is 0.507 e. The molecule has 1 aromatic carbocycles. The monoisotopic (exact) mass is 392 g/mol. The van der Waals surface area contributed by atoms with Crippen molar-refractivity contribution in [3.63, 3.8) is 0 Å². The van der Waals surface area contributed by atoms with Crippen LogP contribution in [0.5, 0.6) is 11.5 Å². The van der Waals surface area contributed by atoms with Crippen molar-refractivity contribution in [2.75, 3.05) is 25.6 Å². The van der Waals surface area contributed by atoms with Crippen LogP contribution in [0.1, 0.15) is 26.3 Å². The first-order valence-corrected chi connectivity index (χ1v) is 9.91. The van der Waals surface area contributed by atoms with Crippen molar-refractivity contribution in [1.29, 1.82) is 0 Å². The Kier molecular flexibility index (Phi) is 6.75. The molecular formula is C18H24N4O4S. The molecule has 0 saturated heterocycles. The summed E-state index contributed by atoms with van der Waals surface area (Å²) < 4.78 is 31.3. The Hall–Kier alpha value is -2.65. The van der Waals surface area contributed by atoms with Gasteiger partial charge < -0.3 is 9.84 Å². The van der Waals surface area contributed by atoms with E-state index in [4.69, 9.17) is 4.74 Å². The number of phenols is 1. The molecule has 2 aromatic rings. The molecular weight excluding hydrogens is 368 g/mol. The molecule has 146 valence electrons. The van der Waals surface area contributed by atoms with Gasteiger partial charge in [0.05, 0.1) is 12.8 Å². The third kappa shape index (κ3) is 4.75. The average molecular weight is 392 g/mol. The summed E-state index contributed by atoms with van der Waals surface area (Å²) >= 11 is 0. The van der Waals surface area contributed by atoms with Crippen LogP contribution in [0.4, 0.5) is 5.82 Å². The number of nitrogens with zero attached hydrogens (tertiary/aromatic N) is 3. The molecule has 1 aromatic heterocycles. The van der Waals surface area contributed by atoms with Crippen LogP contribution in [0.25, 0.3) is 0 Å². The van der Waals surface area contributed by atoms with Gasteiger partial charge in [0.25, 0.3) is 0 Å². The van der Waals surface area contributed by atoms with Crippen LogP contribution in [-0.2, 0) is 10.0 Å². The highest BCUT2D eigenvalue weighted by Crippen LogP contribution is 2.24. The Balaban J connectivity index is 2.16. The lowest BCUT2D eigenvalue weighted by Gasteiger charge is -2.18. The van der Waals surface area contributed by atoms with Crippen LogP contribution in [0, 0.1) is 0 Å². The SMILES string of the molecule is CCN(CC)S(=O)(=O)c1ccc(N/N=C(\C)c2ccc(OC)cc2O)nc1. The summed E-state index contributed by atoms with van der Waals surface area (Å²) in [5, 5.41) is 14.2. The minimum Gasteiger partial charge on any atom is -0.507 e. The lowest BCUT2D eigenvalue weighted by atomic mass is 10.1. The average Bonchev–Trinajstić information content (AvgIpc) is 2.67. The maximum Gasteiger partial charge on any atom is 0.244 e. The van der Waals surface area contributed by atoms with Crippen LogP contribution in [0.15, 0.2) is 46.5 Å². The zero-order chi connectivity index (χ0) is 20.0. The predicted octanol–water partition coefficient (Wildman–Crippen LogP) is 2.66. The molecule has 9 heteroatoms. The van der Waals surface area contributed by atoms with Crippen LogP contribution >= 0.6 is 0 Å². The lowest BCUT2D eigenvalue weighted by molar-refractivity contribution is 0.407. The van der Waals surface area contributed by atoms with Crippen LogP contribution in [-0.4, -0.2) is 48.7 Å². The Bertz CT molecular complexity index is 907. The second kappa shape index (κ2) is 8.83. The number of hydrazone groups is 1. The summed E-state index contributed by atoms with van der Waals surface area (Å²) in [7, 11) is -2.02. The summed E-state index contributed by atoms with van der Waals surface area (Å²) in [4.78, 5) is 4.23. The number of benzene rings is 1. The predicted molar refractivity (Wildman–Crippen MR) is 105 cm³/mol. The zero-order valence-electron chi connectivity index (χ0n) is 15.8. The van der Waals surface area contributed by atoms with Gasteiger partial charge in [-0.1, -0.05) is 13.8 Å². The molecule has 0 bridgehead atoms. The van der Waals surface area contributed by atoms with E-state index in [2.05, 4.69) is 15.5 Å². The number of phenolic OH excluding ortho intramolecular Hbond substituents is 1. The van der Waals surface area contributed by atoms with Crippen molar-refractivity contribution < 1.29 is 18.3 Å². The second-order valence-electron chi connectivity index (χ2n) is 5.66. The van der Waals surface area contributed by atoms with Gasteiger partial charge >= 0.3 is 0 Å². The first-order valence-electron chi connectivity index (χ1n) is 8.47. The van der Waals surface area contributed by atoms with Gasteiger partial charge in [-0.15, -0.1) is 0 Å². The van der Waals surface area contributed by atoms with Crippen molar-refractivity contribution in [3.05, 3.63) is 42.1 Å². The van der Waals surface area contributed by atoms with E-state index in [9.17, 15) is 13.5 Å². The maximum atomic E-state index is 12.4. The van der Waals surface area contributed by atoms with Gasteiger partial charge in [-0.05, 0) is 31.2 Å². The number of sulfonamides is 1. The number of methoxy groups -OCH3 is 1. The fourth-order valence-corrected chi connectivity index (χ4v) is 3.86. The second-order valence-corrected chi connectivity index (χ2v) is 7.60. The summed E-state index contributed by atoms with van der Waals surface area (Å²) in [5.41, 5.74) is 3.84. The number of hydrogen-bond acceptors (Lipinski definition) is 7. The first-order chi connectivity index (χ1) is 12.8. The highest BCUT2D eigenvalue weighted by molar-refractivity contribution is 7.89. The quantitative estimate of drug-likeness (QED) is 0.529. The van der Waals surface area contributed by atoms with Gasteiger partial charge in [0.15, 0.2) is 0 Å². The number of aromatic nitrogens is 1. The number of ether oxygens (including phenoxy) is 1. The van der Waals surface area contributed by atoms with E-state index in [0.717, 1.165) is 0 Å². The van der Waals surface area contributed by atoms with Gasteiger partial charge in [-0.3, -0.25) is 5.43 Å². The Morgan fingerprint density at radius 2 is 1.96 bits per heavy atom. The van der Waals surface area contributed by atoms with Crippen molar-refractivity contribution in [3.8, 4) is 11.5 Å². The Morgan fingerprint density at radius 1 is 1.26 bits per heavy atom. The zero-order valence-corrected chi connectivity index (χ0v) is 16.6. The van der Waals surface area contributed by atoms with Crippen molar-refractivity contribution >= 4 is 21.6 Å². The molecule has 0 aliphatic carbocycles. The highest BCUT2D eigenvalue weighted by Gasteiger charge is 2.21. The molecule has 0 radical (unpaired) electrons. The minimum atomic E-state index is -3.54. The van der Waals surface area contributed by atoms with E-state index in [-0.39, 0.29) is 10.6 Å². The molecule has 0 amide bonds. The minimum absolute atomic E-state index is 0.0472. The molecule has 0 unspecified atom stereocenters. The summed E-state index contributed by atoms with van der Waals surface area (Å²) in [6.45, 7) is 6.10. The molecule has 0 aliphatic rings. The standard InChI is InChI=1S/C18H24N4O4S/c1-5-22(6-2)27(24,25)15-8-10-18(19-12-15)21-20-13(3)16-9-7-14(26-4)11-17(16)23/h7-12,23H,5-6H2,1-4H3,(H,19,21)/b20-13+. The summed E-state index contributed by atoms with van der Waals surface area (Å²) in [5.74, 6) is 0.982. The van der Waals surface area contributed by atoms with E-state index in [0.29, 0.717) is 35.9 Å². The molecule has 27 heavy (non-hydrogen) atoms. The number of aromatic hydroxyl groups is 1. The molecule has 0 spiro atoms. The third-order valence-corrected chi connectivity index (χ3v) is 6.05. The van der Waals surface area contributed by atoms with E-state index in [1.807, 2.05) is 0 Å². The summed E-state index contributed by atoms with van der Waals surface area (Å²) in [6.07, 6.45) is 1.30. The van der Waals surface area contributed by atoms with Gasteiger partial charge in [-0.25, -0.2) is 13.4 Å². The molecule has 0 saturated carbocycles. The smallest absolute Gasteiger partial charge is 0.244 e. The molecule has 0 atom stereocenters. The van der Waals surface area contributed by atoms with Crippen molar-refractivity contribution in [2.24, 2.45) is 5.10 Å². The third-order valence-electron chi connectivity index (χ3n) is 4.01. The van der Waals surface area contributed by atoms with E-state index >= 15 is 0 Å². The van der Waals surface area contributed by atoms with Crippen molar-refractivity contribution in [1.82, 2.24) is 9.29 Å². The van der Waals surface area contributed by atoms with Crippen LogP contribution in [0.3, 0.4) is 0 Å². The van der Waals surface area contributed by atoms with E-state index in [1.165, 1.54) is 29.7 Å². The van der Waals surface area contributed by atoms with Gasteiger partial charge in [0, 0.05) is 30.9 Å². The van der Waals surface area contributed by atoms with Crippen molar-refractivity contribution in [2.45, 2.75) is 25.7 Å². The number of pyridine rings is 1. The molecule has 2 N–H and O–H groups in total. The van der Waals surface area contributed by atoms with Crippen LogP contribution in [0.2, 0.25) is 0 Å².